The molecule has 0 aliphatic carbocycles. The van der Waals surface area contributed by atoms with Crippen LogP contribution >= 0.6 is 0 Å². The van der Waals surface area contributed by atoms with E-state index < -0.39 is 0 Å². The Morgan fingerprint density at radius 2 is 1.95 bits per heavy atom. The van der Waals surface area contributed by atoms with Crippen LogP contribution < -0.4 is 11.1 Å². The third kappa shape index (κ3) is 2.44. The molecule has 0 aliphatic heterocycles. The number of rotatable bonds is 3. The minimum absolute atomic E-state index is 0.106. The van der Waals surface area contributed by atoms with E-state index in [9.17, 15) is 4.79 Å². The highest BCUT2D eigenvalue weighted by Gasteiger charge is 2.08. The second-order valence-electron chi connectivity index (χ2n) is 4.46. The largest absolute Gasteiger partial charge is 0.399 e. The fraction of sp³-hybridized carbons (Fsp3) is 0.0714. The van der Waals surface area contributed by atoms with Gasteiger partial charge in [0, 0.05) is 5.69 Å². The lowest BCUT2D eigenvalue weighted by Gasteiger charge is -2.05. The molecular weight excluding hydrogens is 254 g/mol. The second kappa shape index (κ2) is 5.00. The zero-order valence-corrected chi connectivity index (χ0v) is 10.6. The number of aromatic nitrogens is 3. The number of nitrogen functional groups attached to an aromatic ring is 1. The predicted molar refractivity (Wildman–Crippen MR) is 77.1 cm³/mol. The molecular formula is C14H13N5O. The van der Waals surface area contributed by atoms with Crippen LogP contribution in [0.3, 0.4) is 0 Å². The number of nitrogens with zero attached hydrogens (tertiary/aromatic N) is 2. The molecule has 3 rings (SSSR count). The molecule has 2 aromatic carbocycles. The number of anilines is 2. The molecule has 0 atom stereocenters. The summed E-state index contributed by atoms with van der Waals surface area (Å²) in [5.74, 6) is -0.106. The zero-order valence-electron chi connectivity index (χ0n) is 10.6. The Bertz CT molecular complexity index is 748. The number of carbonyl (C=O) groups is 1. The van der Waals surface area contributed by atoms with Gasteiger partial charge in [-0.3, -0.25) is 4.79 Å². The van der Waals surface area contributed by atoms with Crippen molar-refractivity contribution in [1.29, 1.82) is 0 Å². The first kappa shape index (κ1) is 12.2. The monoisotopic (exact) mass is 267 g/mol. The number of nitrogens with one attached hydrogen (secondary N) is 2. The van der Waals surface area contributed by atoms with Crippen LogP contribution in [0.5, 0.6) is 0 Å². The summed E-state index contributed by atoms with van der Waals surface area (Å²) in [7, 11) is 0. The Labute approximate surface area is 115 Å². The van der Waals surface area contributed by atoms with Gasteiger partial charge < -0.3 is 11.1 Å². The van der Waals surface area contributed by atoms with Crippen molar-refractivity contribution in [2.75, 3.05) is 11.1 Å². The summed E-state index contributed by atoms with van der Waals surface area (Å²) in [5.41, 5.74) is 9.22. The maximum absolute atomic E-state index is 12.0. The van der Waals surface area contributed by atoms with E-state index >= 15 is 0 Å². The Balaban J connectivity index is 1.76. The highest BCUT2D eigenvalue weighted by Crippen LogP contribution is 2.19. The van der Waals surface area contributed by atoms with Gasteiger partial charge in [-0.25, -0.2) is 0 Å². The Hall–Kier alpha value is -2.89. The van der Waals surface area contributed by atoms with Crippen LogP contribution in [0.25, 0.3) is 11.0 Å². The molecule has 20 heavy (non-hydrogen) atoms. The summed E-state index contributed by atoms with van der Waals surface area (Å²) in [4.78, 5) is 12.0. The van der Waals surface area contributed by atoms with Crippen molar-refractivity contribution in [1.82, 2.24) is 15.4 Å². The number of nitrogens with two attached hydrogens (primary N) is 1. The molecule has 4 N–H and O–H groups in total. The molecule has 1 heterocycles. The van der Waals surface area contributed by atoms with E-state index in [-0.39, 0.29) is 12.3 Å². The Kier molecular flexibility index (Phi) is 3.04. The normalized spacial score (nSPS) is 10.6. The Morgan fingerprint density at radius 3 is 2.75 bits per heavy atom. The van der Waals surface area contributed by atoms with E-state index in [1.54, 1.807) is 18.2 Å². The van der Waals surface area contributed by atoms with Crippen LogP contribution in [0.4, 0.5) is 11.4 Å². The lowest BCUT2D eigenvalue weighted by atomic mass is 10.1. The first-order chi connectivity index (χ1) is 9.72. The molecule has 0 fully saturated rings. The second-order valence-corrected chi connectivity index (χ2v) is 4.46. The number of H-pyrrole nitrogens is 1. The van der Waals surface area contributed by atoms with Gasteiger partial charge in [-0.2, -0.15) is 15.4 Å². The van der Waals surface area contributed by atoms with Crippen LogP contribution in [0.15, 0.2) is 42.5 Å². The topological polar surface area (TPSA) is 96.7 Å². The van der Waals surface area contributed by atoms with E-state index in [4.69, 9.17) is 5.73 Å². The summed E-state index contributed by atoms with van der Waals surface area (Å²) in [6.45, 7) is 0. The lowest BCUT2D eigenvalue weighted by molar-refractivity contribution is -0.115. The molecule has 0 spiro atoms. The van der Waals surface area contributed by atoms with Crippen molar-refractivity contribution < 1.29 is 4.79 Å². The highest BCUT2D eigenvalue weighted by atomic mass is 16.1. The van der Waals surface area contributed by atoms with Gasteiger partial charge in [0.1, 0.15) is 11.0 Å². The third-order valence-corrected chi connectivity index (χ3v) is 2.97. The summed E-state index contributed by atoms with van der Waals surface area (Å²) in [6, 6.07) is 12.7. The van der Waals surface area contributed by atoms with Gasteiger partial charge >= 0.3 is 0 Å². The van der Waals surface area contributed by atoms with Gasteiger partial charge in [0.05, 0.1) is 12.1 Å². The molecule has 3 aromatic rings. The molecule has 1 aromatic heterocycles. The summed E-state index contributed by atoms with van der Waals surface area (Å²) >= 11 is 0. The molecule has 6 nitrogen and oxygen atoms in total. The number of hydrogen-bond donors (Lipinski definition) is 3. The van der Waals surface area contributed by atoms with E-state index in [0.29, 0.717) is 16.9 Å². The standard InChI is InChI=1S/C14H13N5O/c15-10-6-4-9(5-7-10)8-13(20)16-11-2-1-3-12-14(11)18-19-17-12/h1-7H,8,15H2,(H,16,20)(H,17,18,19). The number of amides is 1. The van der Waals surface area contributed by atoms with Crippen molar-refractivity contribution in [2.24, 2.45) is 0 Å². The quantitative estimate of drug-likeness (QED) is 0.629. The SMILES string of the molecule is Nc1ccc(CC(=O)Nc2cccc3n[nH]nc23)cc1. The molecule has 0 bridgehead atoms. The molecule has 0 radical (unpaired) electrons. The number of fused-ring (bicyclic) bond motifs is 1. The van der Waals surface area contributed by atoms with E-state index in [1.807, 2.05) is 24.3 Å². The van der Waals surface area contributed by atoms with Gasteiger partial charge in [-0.1, -0.05) is 18.2 Å². The fourth-order valence-corrected chi connectivity index (χ4v) is 1.98. The smallest absolute Gasteiger partial charge is 0.228 e. The summed E-state index contributed by atoms with van der Waals surface area (Å²) in [6.07, 6.45) is 0.286. The number of hydrogen-bond acceptors (Lipinski definition) is 4. The van der Waals surface area contributed by atoms with Gasteiger partial charge in [-0.15, -0.1) is 0 Å². The highest BCUT2D eigenvalue weighted by molar-refractivity contribution is 5.99. The molecule has 0 saturated heterocycles. The average Bonchev–Trinajstić information content (AvgIpc) is 2.91. The number of benzene rings is 2. The van der Waals surface area contributed by atoms with E-state index in [2.05, 4.69) is 20.7 Å². The van der Waals surface area contributed by atoms with Gasteiger partial charge in [0.2, 0.25) is 5.91 Å². The summed E-state index contributed by atoms with van der Waals surface area (Å²) in [5, 5.41) is 13.4. The molecule has 100 valence electrons. The lowest BCUT2D eigenvalue weighted by Crippen LogP contribution is -2.14. The van der Waals surface area contributed by atoms with Crippen molar-refractivity contribution in [3.05, 3.63) is 48.0 Å². The fourth-order valence-electron chi connectivity index (χ4n) is 1.98. The number of aromatic amines is 1. The van der Waals surface area contributed by atoms with Crippen LogP contribution in [0.1, 0.15) is 5.56 Å². The van der Waals surface area contributed by atoms with Crippen molar-refractivity contribution >= 4 is 28.3 Å². The van der Waals surface area contributed by atoms with Gasteiger partial charge in [-0.05, 0) is 29.8 Å². The van der Waals surface area contributed by atoms with Crippen LogP contribution in [-0.4, -0.2) is 21.3 Å². The van der Waals surface area contributed by atoms with E-state index in [1.165, 1.54) is 0 Å². The minimum Gasteiger partial charge on any atom is -0.399 e. The van der Waals surface area contributed by atoms with Crippen LogP contribution in [-0.2, 0) is 11.2 Å². The minimum atomic E-state index is -0.106. The molecule has 6 heteroatoms. The number of para-hydroxylation sites is 1. The molecule has 1 amide bonds. The van der Waals surface area contributed by atoms with Crippen LogP contribution in [0.2, 0.25) is 0 Å². The van der Waals surface area contributed by atoms with Crippen molar-refractivity contribution in [2.45, 2.75) is 6.42 Å². The van der Waals surface area contributed by atoms with Crippen molar-refractivity contribution in [3.8, 4) is 0 Å². The Morgan fingerprint density at radius 1 is 1.15 bits per heavy atom. The maximum Gasteiger partial charge on any atom is 0.228 e. The molecule has 0 saturated carbocycles. The maximum atomic E-state index is 12.0. The third-order valence-electron chi connectivity index (χ3n) is 2.97. The first-order valence-electron chi connectivity index (χ1n) is 6.16. The van der Waals surface area contributed by atoms with Gasteiger partial charge in [0.15, 0.2) is 0 Å². The summed E-state index contributed by atoms with van der Waals surface area (Å²) < 4.78 is 0. The van der Waals surface area contributed by atoms with E-state index in [0.717, 1.165) is 11.1 Å². The first-order valence-corrected chi connectivity index (χ1v) is 6.16. The molecule has 0 aliphatic rings. The number of carbonyl (C=O) groups excluding carboxylic acids is 1. The average molecular weight is 267 g/mol. The van der Waals surface area contributed by atoms with Crippen LogP contribution in [0, 0.1) is 0 Å². The molecule has 0 unspecified atom stereocenters. The van der Waals surface area contributed by atoms with Gasteiger partial charge in [0.25, 0.3) is 0 Å². The zero-order chi connectivity index (χ0) is 13.9. The van der Waals surface area contributed by atoms with Crippen molar-refractivity contribution in [3.63, 3.8) is 0 Å². The predicted octanol–water partition coefficient (Wildman–Crippen LogP) is 1.72.